The number of ether oxygens (including phenoxy) is 1. The second-order valence-corrected chi connectivity index (χ2v) is 8.30. The van der Waals surface area contributed by atoms with E-state index in [0.29, 0.717) is 6.61 Å². The van der Waals surface area contributed by atoms with Crippen molar-refractivity contribution in [3.05, 3.63) is 59.9 Å². The normalized spacial score (nSPS) is 13.5. The molecule has 2 aromatic carbocycles. The number of nitrogens with one attached hydrogen (secondary N) is 1. The molecule has 6 nitrogen and oxygen atoms in total. The van der Waals surface area contributed by atoms with Crippen molar-refractivity contribution in [1.29, 1.82) is 0 Å². The number of benzene rings is 2. The van der Waals surface area contributed by atoms with Crippen molar-refractivity contribution in [2.45, 2.75) is 32.9 Å². The number of rotatable bonds is 8. The van der Waals surface area contributed by atoms with Crippen molar-refractivity contribution in [3.8, 4) is 5.75 Å². The molecule has 0 saturated heterocycles. The van der Waals surface area contributed by atoms with Gasteiger partial charge in [-0.05, 0) is 62.7 Å². The lowest BCUT2D eigenvalue weighted by atomic mass is 10.1. The van der Waals surface area contributed by atoms with Crippen LogP contribution in [0.3, 0.4) is 0 Å². The summed E-state index contributed by atoms with van der Waals surface area (Å²) in [6.45, 7) is 5.76. The molecule has 1 N–H and O–H groups in total. The van der Waals surface area contributed by atoms with Crippen LogP contribution in [0.5, 0.6) is 5.75 Å². The maximum Gasteiger partial charge on any atom is 0.244 e. The van der Waals surface area contributed by atoms with Gasteiger partial charge in [-0.1, -0.05) is 12.1 Å². The molecule has 0 aromatic heterocycles. The van der Waals surface area contributed by atoms with Gasteiger partial charge < -0.3 is 10.1 Å². The Balaban J connectivity index is 2.17. The zero-order valence-corrected chi connectivity index (χ0v) is 17.2. The van der Waals surface area contributed by atoms with Crippen LogP contribution >= 0.6 is 0 Å². The quantitative estimate of drug-likeness (QED) is 0.728. The number of halogens is 1. The molecule has 0 aliphatic heterocycles. The van der Waals surface area contributed by atoms with Crippen molar-refractivity contribution in [2.24, 2.45) is 0 Å². The average Bonchev–Trinajstić information content (AvgIpc) is 2.63. The van der Waals surface area contributed by atoms with E-state index in [2.05, 4.69) is 5.32 Å². The van der Waals surface area contributed by atoms with Gasteiger partial charge in [0.2, 0.25) is 15.9 Å². The number of hydrogen-bond donors (Lipinski definition) is 1. The molecular formula is C20H25FN2O4S. The van der Waals surface area contributed by atoms with E-state index in [9.17, 15) is 17.6 Å². The Labute approximate surface area is 165 Å². The molecule has 0 fully saturated rings. The fraction of sp³-hybridized carbons (Fsp3) is 0.350. The highest BCUT2D eigenvalue weighted by Crippen LogP contribution is 2.22. The Morgan fingerprint density at radius 2 is 1.68 bits per heavy atom. The van der Waals surface area contributed by atoms with Crippen LogP contribution in [0.15, 0.2) is 48.5 Å². The van der Waals surface area contributed by atoms with E-state index in [-0.39, 0.29) is 11.7 Å². The number of nitrogens with zero attached hydrogens (tertiary/aromatic N) is 1. The minimum absolute atomic E-state index is 0.222. The molecule has 0 aliphatic carbocycles. The summed E-state index contributed by atoms with van der Waals surface area (Å²) in [6.07, 6.45) is 1.01. The largest absolute Gasteiger partial charge is 0.494 e. The Morgan fingerprint density at radius 3 is 2.18 bits per heavy atom. The van der Waals surface area contributed by atoms with Crippen LogP contribution in [0.25, 0.3) is 0 Å². The molecule has 0 radical (unpaired) electrons. The zero-order valence-electron chi connectivity index (χ0n) is 16.3. The van der Waals surface area contributed by atoms with E-state index < -0.39 is 27.8 Å². The highest BCUT2D eigenvalue weighted by Gasteiger charge is 2.29. The standard InChI is InChI=1S/C20H25FN2O4S/c1-5-27-19-12-6-16(7-13-19)14(2)22-20(24)15(3)23(28(4,25)26)18-10-8-17(21)9-11-18/h6-15H,5H2,1-4H3,(H,22,24)/t14-,15-/m0/s1. The number of carbonyl (C=O) groups is 1. The van der Waals surface area contributed by atoms with Crippen LogP contribution in [0.1, 0.15) is 32.4 Å². The lowest BCUT2D eigenvalue weighted by Gasteiger charge is -2.29. The van der Waals surface area contributed by atoms with Gasteiger partial charge in [0.15, 0.2) is 0 Å². The van der Waals surface area contributed by atoms with Crippen LogP contribution < -0.4 is 14.4 Å². The second kappa shape index (κ2) is 9.05. The van der Waals surface area contributed by atoms with Crippen LogP contribution in [-0.2, 0) is 14.8 Å². The van der Waals surface area contributed by atoms with Gasteiger partial charge in [0, 0.05) is 0 Å². The Kier molecular flexibility index (Phi) is 7.01. The molecule has 0 bridgehead atoms. The van der Waals surface area contributed by atoms with Crippen molar-refractivity contribution >= 4 is 21.6 Å². The Bertz CT molecular complexity index is 899. The van der Waals surface area contributed by atoms with Gasteiger partial charge in [-0.3, -0.25) is 9.10 Å². The van der Waals surface area contributed by atoms with Gasteiger partial charge in [0.1, 0.15) is 17.6 Å². The topological polar surface area (TPSA) is 75.7 Å². The lowest BCUT2D eigenvalue weighted by molar-refractivity contribution is -0.122. The summed E-state index contributed by atoms with van der Waals surface area (Å²) in [6, 6.07) is 10.9. The Hall–Kier alpha value is -2.61. The summed E-state index contributed by atoms with van der Waals surface area (Å²) in [5, 5.41) is 2.82. The summed E-state index contributed by atoms with van der Waals surface area (Å²) in [5.74, 6) is -0.215. The maximum atomic E-state index is 13.2. The molecule has 152 valence electrons. The van der Waals surface area contributed by atoms with Crippen LogP contribution in [-0.4, -0.2) is 33.2 Å². The summed E-state index contributed by atoms with van der Waals surface area (Å²) in [7, 11) is -3.75. The highest BCUT2D eigenvalue weighted by atomic mass is 32.2. The highest BCUT2D eigenvalue weighted by molar-refractivity contribution is 7.92. The third kappa shape index (κ3) is 5.45. The van der Waals surface area contributed by atoms with Gasteiger partial charge >= 0.3 is 0 Å². The molecule has 0 heterocycles. The predicted octanol–water partition coefficient (Wildman–Crippen LogP) is 3.26. The fourth-order valence-electron chi connectivity index (χ4n) is 2.83. The summed E-state index contributed by atoms with van der Waals surface area (Å²) in [4.78, 5) is 12.7. The molecule has 2 aromatic rings. The summed E-state index contributed by atoms with van der Waals surface area (Å²) >= 11 is 0. The van der Waals surface area contributed by atoms with E-state index in [1.165, 1.54) is 19.1 Å². The van der Waals surface area contributed by atoms with Gasteiger partial charge in [-0.25, -0.2) is 12.8 Å². The number of carbonyl (C=O) groups excluding carboxylic acids is 1. The smallest absolute Gasteiger partial charge is 0.244 e. The zero-order chi connectivity index (χ0) is 20.9. The average molecular weight is 408 g/mol. The molecule has 28 heavy (non-hydrogen) atoms. The second-order valence-electron chi connectivity index (χ2n) is 6.44. The van der Waals surface area contributed by atoms with Crippen molar-refractivity contribution in [1.82, 2.24) is 5.32 Å². The van der Waals surface area contributed by atoms with E-state index in [1.54, 1.807) is 0 Å². The van der Waals surface area contributed by atoms with Crippen molar-refractivity contribution in [3.63, 3.8) is 0 Å². The third-order valence-electron chi connectivity index (χ3n) is 4.22. The number of amides is 1. The maximum absolute atomic E-state index is 13.2. The van der Waals surface area contributed by atoms with Gasteiger partial charge in [-0.2, -0.15) is 0 Å². The fourth-order valence-corrected chi connectivity index (χ4v) is 4.01. The van der Waals surface area contributed by atoms with Crippen LogP contribution in [0.2, 0.25) is 0 Å². The van der Waals surface area contributed by atoms with Gasteiger partial charge in [0.25, 0.3) is 0 Å². The number of hydrogen-bond acceptors (Lipinski definition) is 4. The SMILES string of the molecule is CCOc1ccc([C@H](C)NC(=O)[C@H](C)N(c2ccc(F)cc2)S(C)(=O)=O)cc1. The van der Waals surface area contributed by atoms with E-state index in [0.717, 1.165) is 34.0 Å². The molecule has 1 amide bonds. The molecule has 0 aliphatic rings. The molecule has 2 rings (SSSR count). The van der Waals surface area contributed by atoms with Crippen LogP contribution in [0, 0.1) is 5.82 Å². The van der Waals surface area contributed by atoms with Gasteiger partial charge in [0.05, 0.1) is 24.6 Å². The van der Waals surface area contributed by atoms with Crippen molar-refractivity contribution in [2.75, 3.05) is 17.2 Å². The third-order valence-corrected chi connectivity index (χ3v) is 5.46. The molecule has 0 unspecified atom stereocenters. The monoisotopic (exact) mass is 408 g/mol. The summed E-state index contributed by atoms with van der Waals surface area (Å²) in [5.41, 5.74) is 1.08. The molecule has 2 atom stereocenters. The summed E-state index contributed by atoms with van der Waals surface area (Å²) < 4.78 is 44.1. The minimum atomic E-state index is -3.75. The molecule has 0 saturated carbocycles. The first-order chi connectivity index (χ1) is 13.1. The van der Waals surface area contributed by atoms with E-state index >= 15 is 0 Å². The van der Waals surface area contributed by atoms with E-state index in [1.807, 2.05) is 38.1 Å². The predicted molar refractivity (Wildman–Crippen MR) is 107 cm³/mol. The lowest BCUT2D eigenvalue weighted by Crippen LogP contribution is -2.48. The van der Waals surface area contributed by atoms with Crippen LogP contribution in [0.4, 0.5) is 10.1 Å². The van der Waals surface area contributed by atoms with Crippen molar-refractivity contribution < 1.29 is 22.3 Å². The number of sulfonamides is 1. The first kappa shape index (κ1) is 21.7. The number of anilines is 1. The first-order valence-corrected chi connectivity index (χ1v) is 10.8. The molecule has 0 spiro atoms. The van der Waals surface area contributed by atoms with E-state index in [4.69, 9.17) is 4.74 Å². The first-order valence-electron chi connectivity index (χ1n) is 8.91. The Morgan fingerprint density at radius 1 is 1.11 bits per heavy atom. The molecular weight excluding hydrogens is 383 g/mol. The van der Waals surface area contributed by atoms with Gasteiger partial charge in [-0.15, -0.1) is 0 Å². The molecule has 8 heteroatoms. The minimum Gasteiger partial charge on any atom is -0.494 e.